The highest BCUT2D eigenvalue weighted by Gasteiger charge is 2.17. The number of piperazine rings is 1. The van der Waals surface area contributed by atoms with Crippen LogP contribution in [0.2, 0.25) is 0 Å². The number of methoxy groups -OCH3 is 1. The van der Waals surface area contributed by atoms with E-state index >= 15 is 0 Å². The van der Waals surface area contributed by atoms with E-state index in [2.05, 4.69) is 76.6 Å². The molecule has 1 fully saturated rings. The summed E-state index contributed by atoms with van der Waals surface area (Å²) < 4.78 is 5.43. The SMILES string of the molecule is COc1ccccc1CNc1ccc(N2CCN(c3ccc(C)cc3)CC2)cc1. The van der Waals surface area contributed by atoms with Gasteiger partial charge in [0.25, 0.3) is 0 Å². The second-order valence-electron chi connectivity index (χ2n) is 7.52. The van der Waals surface area contributed by atoms with Gasteiger partial charge in [0.1, 0.15) is 5.75 Å². The second kappa shape index (κ2) is 8.91. The number of hydrogen-bond donors (Lipinski definition) is 1. The van der Waals surface area contributed by atoms with Crippen LogP contribution in [0.5, 0.6) is 5.75 Å². The van der Waals surface area contributed by atoms with Crippen LogP contribution in [0.1, 0.15) is 11.1 Å². The van der Waals surface area contributed by atoms with E-state index in [1.54, 1.807) is 7.11 Å². The lowest BCUT2D eigenvalue weighted by molar-refractivity contribution is 0.410. The highest BCUT2D eigenvalue weighted by molar-refractivity contribution is 5.57. The van der Waals surface area contributed by atoms with Crippen LogP contribution in [-0.2, 0) is 6.54 Å². The Hall–Kier alpha value is -3.14. The number of hydrogen-bond acceptors (Lipinski definition) is 4. The Labute approximate surface area is 173 Å². The molecule has 0 spiro atoms. The van der Waals surface area contributed by atoms with Gasteiger partial charge in [0.15, 0.2) is 0 Å². The monoisotopic (exact) mass is 387 g/mol. The number of ether oxygens (including phenoxy) is 1. The van der Waals surface area contributed by atoms with Gasteiger partial charge < -0.3 is 19.9 Å². The largest absolute Gasteiger partial charge is 0.496 e. The summed E-state index contributed by atoms with van der Waals surface area (Å²) >= 11 is 0. The summed E-state index contributed by atoms with van der Waals surface area (Å²) in [5.41, 5.74) is 6.21. The van der Waals surface area contributed by atoms with Crippen LogP contribution in [0.4, 0.5) is 17.1 Å². The van der Waals surface area contributed by atoms with E-state index in [0.717, 1.165) is 49.7 Å². The molecule has 0 aromatic heterocycles. The van der Waals surface area contributed by atoms with E-state index in [1.165, 1.54) is 16.9 Å². The van der Waals surface area contributed by atoms with Gasteiger partial charge in [0.05, 0.1) is 7.11 Å². The molecule has 1 aliphatic heterocycles. The van der Waals surface area contributed by atoms with Gasteiger partial charge in [0.2, 0.25) is 0 Å². The van der Waals surface area contributed by atoms with Crippen LogP contribution in [0, 0.1) is 6.92 Å². The van der Waals surface area contributed by atoms with Gasteiger partial charge in [-0.2, -0.15) is 0 Å². The maximum absolute atomic E-state index is 5.43. The molecule has 4 rings (SSSR count). The molecule has 0 radical (unpaired) electrons. The zero-order valence-electron chi connectivity index (χ0n) is 17.3. The third-order valence-corrected chi connectivity index (χ3v) is 5.59. The van der Waals surface area contributed by atoms with Crippen molar-refractivity contribution < 1.29 is 4.74 Å². The smallest absolute Gasteiger partial charge is 0.123 e. The van der Waals surface area contributed by atoms with Gasteiger partial charge in [-0.15, -0.1) is 0 Å². The Morgan fingerprint density at radius 1 is 0.759 bits per heavy atom. The minimum atomic E-state index is 0.749. The average Bonchev–Trinajstić information content (AvgIpc) is 2.79. The van der Waals surface area contributed by atoms with Crippen LogP contribution in [0.15, 0.2) is 72.8 Å². The van der Waals surface area contributed by atoms with Gasteiger partial charge in [-0.1, -0.05) is 35.9 Å². The highest BCUT2D eigenvalue weighted by atomic mass is 16.5. The van der Waals surface area contributed by atoms with Crippen LogP contribution >= 0.6 is 0 Å². The molecule has 150 valence electrons. The Morgan fingerprint density at radius 3 is 1.90 bits per heavy atom. The van der Waals surface area contributed by atoms with Crippen LogP contribution in [0.25, 0.3) is 0 Å². The van der Waals surface area contributed by atoms with Gasteiger partial charge in [0, 0.05) is 55.3 Å². The Bertz CT molecular complexity index is 914. The quantitative estimate of drug-likeness (QED) is 0.648. The van der Waals surface area contributed by atoms with Gasteiger partial charge in [-0.05, 0) is 49.4 Å². The fraction of sp³-hybridized carbons (Fsp3) is 0.280. The Kier molecular flexibility index (Phi) is 5.89. The molecule has 0 bridgehead atoms. The first-order chi connectivity index (χ1) is 14.2. The molecular formula is C25H29N3O. The summed E-state index contributed by atoms with van der Waals surface area (Å²) in [6.45, 7) is 7.08. The summed E-state index contributed by atoms with van der Waals surface area (Å²) in [5, 5.41) is 3.49. The molecule has 0 aliphatic carbocycles. The van der Waals surface area contributed by atoms with E-state index < -0.39 is 0 Å². The molecule has 1 heterocycles. The molecule has 0 atom stereocenters. The van der Waals surface area contributed by atoms with E-state index in [9.17, 15) is 0 Å². The van der Waals surface area contributed by atoms with E-state index in [0.29, 0.717) is 0 Å². The maximum Gasteiger partial charge on any atom is 0.123 e. The van der Waals surface area contributed by atoms with Crippen molar-refractivity contribution in [2.45, 2.75) is 13.5 Å². The molecule has 0 amide bonds. The third kappa shape index (κ3) is 4.65. The van der Waals surface area contributed by atoms with Crippen LogP contribution in [0.3, 0.4) is 0 Å². The fourth-order valence-electron chi connectivity index (χ4n) is 3.81. The molecular weight excluding hydrogens is 358 g/mol. The first-order valence-electron chi connectivity index (χ1n) is 10.3. The lowest BCUT2D eigenvalue weighted by atomic mass is 10.1. The number of benzene rings is 3. The van der Waals surface area contributed by atoms with Crippen molar-refractivity contribution in [3.63, 3.8) is 0 Å². The van der Waals surface area contributed by atoms with E-state index in [-0.39, 0.29) is 0 Å². The van der Waals surface area contributed by atoms with Crippen LogP contribution in [-0.4, -0.2) is 33.3 Å². The van der Waals surface area contributed by atoms with Crippen LogP contribution < -0.4 is 19.9 Å². The molecule has 4 nitrogen and oxygen atoms in total. The lowest BCUT2D eigenvalue weighted by Gasteiger charge is -2.37. The van der Waals surface area contributed by atoms with Crippen molar-refractivity contribution in [1.82, 2.24) is 0 Å². The Morgan fingerprint density at radius 2 is 1.31 bits per heavy atom. The predicted octanol–water partition coefficient (Wildman–Crippen LogP) is 4.94. The summed E-state index contributed by atoms with van der Waals surface area (Å²) in [7, 11) is 1.71. The minimum Gasteiger partial charge on any atom is -0.496 e. The summed E-state index contributed by atoms with van der Waals surface area (Å²) in [6, 6.07) is 25.7. The molecule has 4 heteroatoms. The number of rotatable bonds is 6. The highest BCUT2D eigenvalue weighted by Crippen LogP contribution is 2.24. The van der Waals surface area contributed by atoms with Crippen molar-refractivity contribution in [2.75, 3.05) is 48.4 Å². The first-order valence-corrected chi connectivity index (χ1v) is 10.3. The van der Waals surface area contributed by atoms with E-state index in [1.807, 2.05) is 18.2 Å². The van der Waals surface area contributed by atoms with Crippen molar-refractivity contribution in [3.05, 3.63) is 83.9 Å². The number of anilines is 3. The predicted molar refractivity (Wildman–Crippen MR) is 122 cm³/mol. The lowest BCUT2D eigenvalue weighted by Crippen LogP contribution is -2.46. The molecule has 3 aromatic carbocycles. The molecule has 1 saturated heterocycles. The number of nitrogens with one attached hydrogen (secondary N) is 1. The Balaban J connectivity index is 1.32. The van der Waals surface area contributed by atoms with Crippen molar-refractivity contribution in [3.8, 4) is 5.75 Å². The fourth-order valence-corrected chi connectivity index (χ4v) is 3.81. The summed E-state index contributed by atoms with van der Waals surface area (Å²) in [5.74, 6) is 0.920. The normalized spacial score (nSPS) is 14.0. The average molecular weight is 388 g/mol. The minimum absolute atomic E-state index is 0.749. The van der Waals surface area contributed by atoms with Crippen molar-refractivity contribution in [2.24, 2.45) is 0 Å². The van der Waals surface area contributed by atoms with Crippen molar-refractivity contribution >= 4 is 17.1 Å². The van der Waals surface area contributed by atoms with Crippen molar-refractivity contribution in [1.29, 1.82) is 0 Å². The number of aryl methyl sites for hydroxylation is 1. The summed E-state index contributed by atoms with van der Waals surface area (Å²) in [4.78, 5) is 4.94. The van der Waals surface area contributed by atoms with Gasteiger partial charge >= 0.3 is 0 Å². The molecule has 3 aromatic rings. The van der Waals surface area contributed by atoms with Gasteiger partial charge in [-0.3, -0.25) is 0 Å². The molecule has 1 N–H and O–H groups in total. The first kappa shape index (κ1) is 19.2. The zero-order valence-corrected chi connectivity index (χ0v) is 17.3. The number of nitrogens with zero attached hydrogens (tertiary/aromatic N) is 2. The standard InChI is InChI=1S/C25H29N3O/c1-20-7-11-23(12-8-20)27-15-17-28(18-16-27)24-13-9-22(10-14-24)26-19-21-5-3-4-6-25(21)29-2/h3-14,26H,15-19H2,1-2H3. The molecule has 29 heavy (non-hydrogen) atoms. The topological polar surface area (TPSA) is 27.7 Å². The second-order valence-corrected chi connectivity index (χ2v) is 7.52. The zero-order chi connectivity index (χ0) is 20.1. The van der Waals surface area contributed by atoms with E-state index in [4.69, 9.17) is 4.74 Å². The molecule has 1 aliphatic rings. The number of para-hydroxylation sites is 1. The van der Waals surface area contributed by atoms with Gasteiger partial charge in [-0.25, -0.2) is 0 Å². The maximum atomic E-state index is 5.43. The molecule has 0 unspecified atom stereocenters. The third-order valence-electron chi connectivity index (χ3n) is 5.59. The molecule has 0 saturated carbocycles. The summed E-state index contributed by atoms with van der Waals surface area (Å²) in [6.07, 6.45) is 0.